The van der Waals surface area contributed by atoms with Crippen molar-refractivity contribution in [2.75, 3.05) is 19.5 Å². The molecule has 2 amide bonds. The normalized spacial score (nSPS) is 12.3. The van der Waals surface area contributed by atoms with Gasteiger partial charge in [0, 0.05) is 18.9 Å². The number of aromatic amines is 1. The molecule has 12 nitrogen and oxygen atoms in total. The second-order valence-electron chi connectivity index (χ2n) is 4.98. The largest absolute Gasteiger partial charge is 0.481 e. The molecule has 1 unspecified atom stereocenters. The number of aldehydes is 1. The highest BCUT2D eigenvalue weighted by Crippen LogP contribution is 2.28. The summed E-state index contributed by atoms with van der Waals surface area (Å²) in [5, 5.41) is 6.98. The number of H-pyrrole nitrogens is 1. The Morgan fingerprint density at radius 3 is 2.67 bits per heavy atom. The fourth-order valence-corrected chi connectivity index (χ4v) is 3.37. The first kappa shape index (κ1) is 20.5. The molecule has 2 aromatic heterocycles. The lowest BCUT2D eigenvalue weighted by molar-refractivity contribution is -0.116. The van der Waals surface area contributed by atoms with Crippen molar-refractivity contribution in [2.45, 2.75) is 18.1 Å². The second-order valence-corrected chi connectivity index (χ2v) is 6.96. The van der Waals surface area contributed by atoms with Gasteiger partial charge in [0.25, 0.3) is 10.0 Å². The van der Waals surface area contributed by atoms with Gasteiger partial charge in [-0.05, 0) is 6.92 Å². The van der Waals surface area contributed by atoms with E-state index in [1.165, 1.54) is 20.3 Å². The van der Waals surface area contributed by atoms with Crippen LogP contribution in [0.15, 0.2) is 11.1 Å². The zero-order valence-electron chi connectivity index (χ0n) is 14.3. The van der Waals surface area contributed by atoms with Gasteiger partial charge in [-0.25, -0.2) is 14.5 Å². The highest BCUT2D eigenvalue weighted by atomic mass is 35.5. The monoisotopic (exact) mass is 418 g/mol. The molecule has 0 radical (unpaired) electrons. The number of ether oxygens (including phenoxy) is 2. The molecule has 0 spiro atoms. The molecule has 0 aromatic carbocycles. The lowest BCUT2D eigenvalue weighted by Gasteiger charge is -2.11. The Morgan fingerprint density at radius 2 is 2.07 bits per heavy atom. The van der Waals surface area contributed by atoms with E-state index < -0.39 is 27.2 Å². The summed E-state index contributed by atoms with van der Waals surface area (Å²) in [6, 6.07) is 0.364. The zero-order valence-corrected chi connectivity index (χ0v) is 15.9. The van der Waals surface area contributed by atoms with Crippen LogP contribution < -0.4 is 14.8 Å². The van der Waals surface area contributed by atoms with Crippen LogP contribution in [-0.2, 0) is 19.6 Å². The van der Waals surface area contributed by atoms with Crippen molar-refractivity contribution in [1.29, 1.82) is 0 Å². The smallest absolute Gasteiger partial charge is 0.335 e. The Bertz CT molecular complexity index is 962. The molecule has 2 aromatic rings. The Kier molecular flexibility index (Phi) is 6.30. The number of halogens is 1. The van der Waals surface area contributed by atoms with Gasteiger partial charge in [-0.3, -0.25) is 10.4 Å². The minimum Gasteiger partial charge on any atom is -0.481 e. The Morgan fingerprint density at radius 1 is 1.37 bits per heavy atom. The molecule has 3 N–H and O–H groups in total. The van der Waals surface area contributed by atoms with E-state index in [1.807, 2.05) is 0 Å². The third-order valence-electron chi connectivity index (χ3n) is 3.15. The average Bonchev–Trinajstić information content (AvgIpc) is 2.97. The Labute approximate surface area is 158 Å². The number of urea groups is 1. The standard InChI is InChI=1S/C13H15ClN6O6S/c1-6-4-8(26-3)16-12(15-6)17-13(22)20-27(23,24)11-9(7(5-21)25-2)10(14)18-19-11/h4-5,7H,1-3H3,(H,18,19)(H2,15,16,17,20,22). The van der Waals surface area contributed by atoms with Crippen LogP contribution in [0.3, 0.4) is 0 Å². The van der Waals surface area contributed by atoms with Crippen LogP contribution in [0.5, 0.6) is 5.88 Å². The van der Waals surface area contributed by atoms with Crippen LogP contribution in [0.1, 0.15) is 17.4 Å². The highest BCUT2D eigenvalue weighted by molar-refractivity contribution is 7.90. The number of rotatable bonds is 7. The van der Waals surface area contributed by atoms with Crippen molar-refractivity contribution in [3.63, 3.8) is 0 Å². The molecule has 0 saturated heterocycles. The number of nitrogens with one attached hydrogen (secondary N) is 3. The van der Waals surface area contributed by atoms with Crippen molar-refractivity contribution in [1.82, 2.24) is 24.9 Å². The molecule has 14 heteroatoms. The summed E-state index contributed by atoms with van der Waals surface area (Å²) < 4.78 is 36.4. The first-order valence-electron chi connectivity index (χ1n) is 7.17. The molecule has 0 aliphatic heterocycles. The van der Waals surface area contributed by atoms with Gasteiger partial charge >= 0.3 is 6.03 Å². The molecule has 0 bridgehead atoms. The van der Waals surface area contributed by atoms with Crippen molar-refractivity contribution >= 4 is 39.9 Å². The number of aryl methyl sites for hydroxylation is 1. The van der Waals surface area contributed by atoms with E-state index in [-0.39, 0.29) is 22.5 Å². The van der Waals surface area contributed by atoms with Crippen LogP contribution >= 0.6 is 11.6 Å². The topological polar surface area (TPSA) is 165 Å². The average molecular weight is 419 g/mol. The maximum Gasteiger partial charge on any atom is 0.335 e. The number of aromatic nitrogens is 4. The fraction of sp³-hybridized carbons (Fsp3) is 0.308. The lowest BCUT2D eigenvalue weighted by atomic mass is 10.2. The minimum absolute atomic E-state index is 0.176. The molecule has 0 saturated carbocycles. The summed E-state index contributed by atoms with van der Waals surface area (Å²) in [6.07, 6.45) is -0.960. The number of anilines is 1. The number of methoxy groups -OCH3 is 2. The van der Waals surface area contributed by atoms with Gasteiger partial charge in [0.05, 0.1) is 12.7 Å². The first-order chi connectivity index (χ1) is 12.7. The van der Waals surface area contributed by atoms with Crippen LogP contribution in [0.2, 0.25) is 5.15 Å². The summed E-state index contributed by atoms with van der Waals surface area (Å²) in [5.41, 5.74) is 0.250. The maximum absolute atomic E-state index is 12.5. The second kappa shape index (κ2) is 8.28. The maximum atomic E-state index is 12.5. The predicted octanol–water partition coefficient (Wildman–Crippen LogP) is 0.567. The molecule has 27 heavy (non-hydrogen) atoms. The van der Waals surface area contributed by atoms with E-state index in [0.29, 0.717) is 12.0 Å². The number of sulfonamides is 1. The summed E-state index contributed by atoms with van der Waals surface area (Å²) in [5.74, 6) is 0.00212. The molecule has 0 aliphatic rings. The predicted molar refractivity (Wildman–Crippen MR) is 92.1 cm³/mol. The van der Waals surface area contributed by atoms with Gasteiger partial charge in [0.1, 0.15) is 6.10 Å². The van der Waals surface area contributed by atoms with Gasteiger partial charge < -0.3 is 14.3 Å². The number of nitrogens with zero attached hydrogens (tertiary/aromatic N) is 3. The number of carbonyl (C=O) groups excluding carboxylic acids is 2. The number of hydrogen-bond donors (Lipinski definition) is 3. The van der Waals surface area contributed by atoms with E-state index in [2.05, 4.69) is 25.5 Å². The van der Waals surface area contributed by atoms with Crippen molar-refractivity contribution in [3.8, 4) is 5.88 Å². The van der Waals surface area contributed by atoms with Crippen LogP contribution in [0.25, 0.3) is 0 Å². The van der Waals surface area contributed by atoms with E-state index in [9.17, 15) is 18.0 Å². The highest BCUT2D eigenvalue weighted by Gasteiger charge is 2.31. The van der Waals surface area contributed by atoms with Gasteiger partial charge in [0.15, 0.2) is 16.5 Å². The van der Waals surface area contributed by atoms with Crippen LogP contribution in [-0.4, -0.2) is 55.1 Å². The van der Waals surface area contributed by atoms with Gasteiger partial charge in [0.2, 0.25) is 11.8 Å². The molecule has 1 atom stereocenters. The summed E-state index contributed by atoms with van der Waals surface area (Å²) in [7, 11) is -1.91. The summed E-state index contributed by atoms with van der Waals surface area (Å²) >= 11 is 5.81. The van der Waals surface area contributed by atoms with Gasteiger partial charge in [-0.1, -0.05) is 11.6 Å². The molecular weight excluding hydrogens is 404 g/mol. The molecule has 2 rings (SSSR count). The number of hydrogen-bond acceptors (Lipinski definition) is 9. The van der Waals surface area contributed by atoms with Crippen LogP contribution in [0.4, 0.5) is 10.7 Å². The quantitative estimate of drug-likeness (QED) is 0.544. The van der Waals surface area contributed by atoms with E-state index in [0.717, 1.165) is 0 Å². The van der Waals surface area contributed by atoms with Crippen molar-refractivity contribution < 1.29 is 27.5 Å². The molecular formula is C13H15ClN6O6S. The number of carbonyl (C=O) groups is 2. The van der Waals surface area contributed by atoms with Crippen molar-refractivity contribution in [3.05, 3.63) is 22.5 Å². The summed E-state index contributed by atoms with van der Waals surface area (Å²) in [4.78, 5) is 30.9. The van der Waals surface area contributed by atoms with Gasteiger partial charge in [-0.2, -0.15) is 18.5 Å². The zero-order chi connectivity index (χ0) is 20.2. The van der Waals surface area contributed by atoms with E-state index in [4.69, 9.17) is 21.1 Å². The summed E-state index contributed by atoms with van der Waals surface area (Å²) in [6.45, 7) is 1.63. The molecule has 0 fully saturated rings. The minimum atomic E-state index is -4.47. The molecule has 2 heterocycles. The lowest BCUT2D eigenvalue weighted by Crippen LogP contribution is -2.35. The van der Waals surface area contributed by atoms with Crippen LogP contribution in [0, 0.1) is 6.92 Å². The third-order valence-corrected chi connectivity index (χ3v) is 4.74. The van der Waals surface area contributed by atoms with E-state index in [1.54, 1.807) is 11.6 Å². The van der Waals surface area contributed by atoms with Gasteiger partial charge in [-0.15, -0.1) is 0 Å². The molecule has 0 aliphatic carbocycles. The van der Waals surface area contributed by atoms with E-state index >= 15 is 0 Å². The Balaban J connectivity index is 2.25. The number of amides is 2. The molecule has 146 valence electrons. The first-order valence-corrected chi connectivity index (χ1v) is 9.03. The SMILES string of the molecule is COc1cc(C)nc(NC(=O)NS(=O)(=O)c2[nH]nc(Cl)c2C(C=O)OC)n1. The third kappa shape index (κ3) is 4.69. The Hall–Kier alpha value is -2.77. The van der Waals surface area contributed by atoms with Crippen molar-refractivity contribution in [2.24, 2.45) is 0 Å². The fourth-order valence-electron chi connectivity index (χ4n) is 2.01.